The lowest BCUT2D eigenvalue weighted by Crippen LogP contribution is -2.58. The van der Waals surface area contributed by atoms with Crippen LogP contribution in [0.4, 0.5) is 0 Å². The predicted molar refractivity (Wildman–Crippen MR) is 84.5 cm³/mol. The first-order chi connectivity index (χ1) is 10.3. The van der Waals surface area contributed by atoms with Gasteiger partial charge in [0, 0.05) is 20.1 Å². The third-order valence-electron chi connectivity index (χ3n) is 4.14. The van der Waals surface area contributed by atoms with Gasteiger partial charge in [-0.05, 0) is 25.2 Å². The number of carbonyl (C=O) groups is 2. The lowest BCUT2D eigenvalue weighted by atomic mass is 9.86. The summed E-state index contributed by atoms with van der Waals surface area (Å²) in [5, 5.41) is 15.4. The highest BCUT2D eigenvalue weighted by molar-refractivity contribution is 5.75. The van der Waals surface area contributed by atoms with Gasteiger partial charge in [-0.15, -0.1) is 0 Å². The van der Waals surface area contributed by atoms with Crippen LogP contribution in [0.2, 0.25) is 0 Å². The van der Waals surface area contributed by atoms with Gasteiger partial charge in [-0.25, -0.2) is 0 Å². The summed E-state index contributed by atoms with van der Waals surface area (Å²) in [6.07, 6.45) is 4.24. The third kappa shape index (κ3) is 4.55. The molecule has 0 aromatic carbocycles. The number of aliphatic carboxylic acids is 1. The summed E-state index contributed by atoms with van der Waals surface area (Å²) in [7, 11) is 1.62. The Hall–Kier alpha value is -1.40. The normalized spacial score (nSPS) is 28.0. The Bertz CT molecular complexity index is 422. The van der Waals surface area contributed by atoms with Gasteiger partial charge in [0.05, 0.1) is 12.1 Å². The maximum absolute atomic E-state index is 11.6. The highest BCUT2D eigenvalue weighted by Gasteiger charge is 2.43. The Balaban J connectivity index is 3.08. The molecule has 1 aliphatic heterocycles. The van der Waals surface area contributed by atoms with Crippen molar-refractivity contribution in [1.29, 1.82) is 0 Å². The summed E-state index contributed by atoms with van der Waals surface area (Å²) < 4.78 is 5.58. The average molecular weight is 312 g/mol. The van der Waals surface area contributed by atoms with Gasteiger partial charge in [-0.2, -0.15) is 0 Å². The molecule has 0 aromatic rings. The molecule has 0 saturated carbocycles. The van der Waals surface area contributed by atoms with Crippen LogP contribution in [-0.4, -0.2) is 48.3 Å². The molecule has 0 aliphatic carbocycles. The predicted octanol–water partition coefficient (Wildman–Crippen LogP) is 1.17. The lowest BCUT2D eigenvalue weighted by molar-refractivity contribution is -0.139. The number of allylic oxidation sites excluding steroid dienone is 1. The number of rotatable bonds is 7. The summed E-state index contributed by atoms with van der Waals surface area (Å²) in [6.45, 7) is 7.43. The summed E-state index contributed by atoms with van der Waals surface area (Å²) in [4.78, 5) is 22.9. The zero-order valence-corrected chi connectivity index (χ0v) is 14.0. The van der Waals surface area contributed by atoms with Crippen molar-refractivity contribution in [2.24, 2.45) is 11.8 Å². The van der Waals surface area contributed by atoms with Crippen molar-refractivity contribution < 1.29 is 19.4 Å². The Morgan fingerprint density at radius 1 is 1.41 bits per heavy atom. The first kappa shape index (κ1) is 18.6. The second-order valence-electron chi connectivity index (χ2n) is 6.18. The summed E-state index contributed by atoms with van der Waals surface area (Å²) >= 11 is 0. The molecule has 1 saturated heterocycles. The second kappa shape index (κ2) is 8.29. The molecule has 6 nitrogen and oxygen atoms in total. The van der Waals surface area contributed by atoms with Crippen LogP contribution < -0.4 is 10.6 Å². The molecule has 0 radical (unpaired) electrons. The number of nitrogens with one attached hydrogen (secondary N) is 2. The number of carboxylic acids is 1. The molecule has 22 heavy (non-hydrogen) atoms. The topological polar surface area (TPSA) is 87.7 Å². The van der Waals surface area contributed by atoms with E-state index in [9.17, 15) is 14.7 Å². The Labute approximate surface area is 132 Å². The fourth-order valence-electron chi connectivity index (χ4n) is 3.27. The summed E-state index contributed by atoms with van der Waals surface area (Å²) in [6, 6.07) is -1.06. The molecule has 0 aromatic heterocycles. The van der Waals surface area contributed by atoms with Gasteiger partial charge in [0.2, 0.25) is 5.91 Å². The maximum atomic E-state index is 11.6. The first-order valence-corrected chi connectivity index (χ1v) is 7.73. The number of carboxylic acid groups (broad SMARTS) is 1. The van der Waals surface area contributed by atoms with Crippen molar-refractivity contribution in [3.63, 3.8) is 0 Å². The van der Waals surface area contributed by atoms with Crippen molar-refractivity contribution in [1.82, 2.24) is 10.6 Å². The minimum atomic E-state index is -0.864. The van der Waals surface area contributed by atoms with Gasteiger partial charge in [-0.3, -0.25) is 14.9 Å². The Kier molecular flexibility index (Phi) is 7.03. The smallest absolute Gasteiger partial charge is 0.320 e. The number of methoxy groups -OCH3 is 1. The molecule has 1 rings (SSSR count). The summed E-state index contributed by atoms with van der Waals surface area (Å²) in [5.41, 5.74) is 0. The van der Waals surface area contributed by atoms with Crippen LogP contribution in [0.15, 0.2) is 12.2 Å². The van der Waals surface area contributed by atoms with E-state index in [1.807, 2.05) is 32.9 Å². The van der Waals surface area contributed by atoms with Gasteiger partial charge < -0.3 is 15.2 Å². The molecular weight excluding hydrogens is 284 g/mol. The fraction of sp³-hybridized carbons (Fsp3) is 0.750. The molecule has 0 bridgehead atoms. The van der Waals surface area contributed by atoms with Gasteiger partial charge in [0.15, 0.2) is 0 Å². The highest BCUT2D eigenvalue weighted by atomic mass is 16.5. The Morgan fingerprint density at radius 3 is 2.45 bits per heavy atom. The van der Waals surface area contributed by atoms with Crippen LogP contribution in [0.5, 0.6) is 0 Å². The summed E-state index contributed by atoms with van der Waals surface area (Å²) in [5.74, 6) is -0.775. The van der Waals surface area contributed by atoms with Crippen LogP contribution in [0.25, 0.3) is 0 Å². The maximum Gasteiger partial charge on any atom is 0.320 e. The van der Waals surface area contributed by atoms with Crippen molar-refractivity contribution in [2.75, 3.05) is 7.11 Å². The van der Waals surface area contributed by atoms with E-state index >= 15 is 0 Å². The Morgan fingerprint density at radius 2 is 2.05 bits per heavy atom. The second-order valence-corrected chi connectivity index (χ2v) is 6.18. The van der Waals surface area contributed by atoms with Crippen molar-refractivity contribution in [2.45, 2.75) is 58.3 Å². The van der Waals surface area contributed by atoms with E-state index in [4.69, 9.17) is 4.74 Å². The lowest BCUT2D eigenvalue weighted by Gasteiger charge is -2.36. The van der Waals surface area contributed by atoms with Gasteiger partial charge in [0.1, 0.15) is 6.04 Å². The highest BCUT2D eigenvalue weighted by Crippen LogP contribution is 2.28. The zero-order valence-electron chi connectivity index (χ0n) is 14.0. The van der Waals surface area contributed by atoms with Crippen LogP contribution in [-0.2, 0) is 14.3 Å². The minimum absolute atomic E-state index is 0.0411. The molecule has 6 heteroatoms. The van der Waals surface area contributed by atoms with Crippen molar-refractivity contribution in [3.8, 4) is 0 Å². The molecule has 0 spiro atoms. The molecule has 3 N–H and O–H groups in total. The van der Waals surface area contributed by atoms with Crippen molar-refractivity contribution in [3.05, 3.63) is 12.2 Å². The van der Waals surface area contributed by atoms with E-state index in [-0.39, 0.29) is 35.9 Å². The van der Waals surface area contributed by atoms with Crippen LogP contribution >= 0.6 is 0 Å². The van der Waals surface area contributed by atoms with Crippen LogP contribution in [0, 0.1) is 11.8 Å². The molecule has 126 valence electrons. The average Bonchev–Trinajstić information content (AvgIpc) is 2.82. The monoisotopic (exact) mass is 312 g/mol. The van der Waals surface area contributed by atoms with E-state index in [0.29, 0.717) is 6.42 Å². The van der Waals surface area contributed by atoms with Crippen molar-refractivity contribution >= 4 is 11.9 Å². The van der Waals surface area contributed by atoms with Gasteiger partial charge in [-0.1, -0.05) is 26.0 Å². The fourth-order valence-corrected chi connectivity index (χ4v) is 3.27. The van der Waals surface area contributed by atoms with E-state index in [2.05, 4.69) is 10.6 Å². The first-order valence-electron chi connectivity index (χ1n) is 7.73. The molecule has 1 aliphatic rings. The largest absolute Gasteiger partial charge is 0.480 e. The van der Waals surface area contributed by atoms with Crippen LogP contribution in [0.3, 0.4) is 0 Å². The molecule has 1 fully saturated rings. The molecule has 0 unspecified atom stereocenters. The number of amides is 1. The van der Waals surface area contributed by atoms with E-state index in [1.54, 1.807) is 7.11 Å². The van der Waals surface area contributed by atoms with E-state index < -0.39 is 12.0 Å². The quantitative estimate of drug-likeness (QED) is 0.614. The number of carbonyl (C=O) groups excluding carboxylic acids is 1. The molecular formula is C16H28N2O4. The molecule has 1 amide bonds. The van der Waals surface area contributed by atoms with E-state index in [0.717, 1.165) is 0 Å². The molecule has 1 heterocycles. The van der Waals surface area contributed by atoms with Crippen LogP contribution in [0.1, 0.15) is 34.1 Å². The van der Waals surface area contributed by atoms with Gasteiger partial charge in [0.25, 0.3) is 0 Å². The zero-order chi connectivity index (χ0) is 16.9. The minimum Gasteiger partial charge on any atom is -0.480 e. The SMILES string of the molecule is C/C=C\[C@@H]1C[C@H](C(=O)O)N[C@H]1[C@@H](NC(C)=O)[C@H](OC)C(C)C. The number of hydrogen-bond donors (Lipinski definition) is 3. The van der Waals surface area contributed by atoms with Gasteiger partial charge >= 0.3 is 5.97 Å². The third-order valence-corrected chi connectivity index (χ3v) is 4.14. The molecule has 5 atom stereocenters. The standard InChI is InChI=1S/C16H28N2O4/c1-6-7-11-8-12(16(20)21)18-13(11)14(17-10(4)19)15(22-5)9(2)3/h6-7,9,11-15,18H,8H2,1-5H3,(H,17,19)(H,20,21)/b7-6-/t11-,12-,13-,14-,15-/m1/s1. The van der Waals surface area contributed by atoms with E-state index in [1.165, 1.54) is 6.92 Å². The number of ether oxygens (including phenoxy) is 1. The number of hydrogen-bond acceptors (Lipinski definition) is 4.